The molecule has 0 spiro atoms. The number of ether oxygens (including phenoxy) is 2. The summed E-state index contributed by atoms with van der Waals surface area (Å²) in [7, 11) is 0. The molecule has 2 aromatic heterocycles. The zero-order valence-electron chi connectivity index (χ0n) is 23.5. The summed E-state index contributed by atoms with van der Waals surface area (Å²) in [6.07, 6.45) is 4.87. The van der Waals surface area contributed by atoms with Crippen LogP contribution in [-0.2, 0) is 15.3 Å². The number of rotatable bonds is 12. The second-order valence-corrected chi connectivity index (χ2v) is 12.1. The number of anilines is 1. The third-order valence-electron chi connectivity index (χ3n) is 6.65. The molecule has 1 unspecified atom stereocenters. The van der Waals surface area contributed by atoms with Crippen LogP contribution in [0.3, 0.4) is 0 Å². The van der Waals surface area contributed by atoms with E-state index in [9.17, 15) is 14.7 Å². The summed E-state index contributed by atoms with van der Waals surface area (Å²) in [4.78, 5) is 32.4. The Bertz CT molecular complexity index is 1650. The van der Waals surface area contributed by atoms with E-state index in [0.29, 0.717) is 51.0 Å². The lowest BCUT2D eigenvalue weighted by Crippen LogP contribution is -2.29. The van der Waals surface area contributed by atoms with Crippen LogP contribution < -0.4 is 14.4 Å². The van der Waals surface area contributed by atoms with Crippen LogP contribution in [0.5, 0.6) is 11.5 Å². The van der Waals surface area contributed by atoms with E-state index in [1.54, 1.807) is 30.3 Å². The number of benzene rings is 2. The number of thioether (sulfide) groups is 1. The third-order valence-corrected chi connectivity index (χ3v) is 9.12. The minimum Gasteiger partial charge on any atom is -0.507 e. The van der Waals surface area contributed by atoms with Gasteiger partial charge in [-0.1, -0.05) is 72.3 Å². The number of carbonyl (C=O) groups excluding carboxylic acids is 2. The van der Waals surface area contributed by atoms with Crippen molar-refractivity contribution >= 4 is 57.3 Å². The average molecular weight is 637 g/mol. The topological polar surface area (TPSA) is 115 Å². The minimum atomic E-state index is -0.994. The van der Waals surface area contributed by atoms with E-state index in [2.05, 4.69) is 22.1 Å². The molecule has 222 valence electrons. The molecular formula is C31H29ClN4O5S2. The molecule has 1 aliphatic rings. The van der Waals surface area contributed by atoms with Crippen LogP contribution in [0.4, 0.5) is 5.13 Å². The summed E-state index contributed by atoms with van der Waals surface area (Å²) >= 11 is 8.92. The molecule has 2 aromatic carbocycles. The van der Waals surface area contributed by atoms with Gasteiger partial charge in [0.05, 0.1) is 24.8 Å². The number of nitrogens with zero attached hydrogens (tertiary/aromatic N) is 4. The molecule has 1 fully saturated rings. The summed E-state index contributed by atoms with van der Waals surface area (Å²) in [5.74, 6) is -0.386. The van der Waals surface area contributed by atoms with Crippen LogP contribution >= 0.6 is 34.7 Å². The Morgan fingerprint density at radius 3 is 2.58 bits per heavy atom. The molecule has 1 saturated heterocycles. The van der Waals surface area contributed by atoms with Crippen molar-refractivity contribution < 1.29 is 24.2 Å². The SMILES string of the molecule is CCCCOc1ccc(C2C(=C(O)c3ccncc3)C(=O)C(=O)N2c2nnc(SCc3ccccc3Cl)s2)cc1OCC. The van der Waals surface area contributed by atoms with Crippen molar-refractivity contribution in [3.63, 3.8) is 0 Å². The lowest BCUT2D eigenvalue weighted by Gasteiger charge is -2.23. The normalized spacial score (nSPS) is 16.1. The van der Waals surface area contributed by atoms with Crippen LogP contribution in [0.2, 0.25) is 5.02 Å². The molecule has 0 saturated carbocycles. The molecule has 9 nitrogen and oxygen atoms in total. The zero-order chi connectivity index (χ0) is 30.3. The van der Waals surface area contributed by atoms with Gasteiger partial charge in [0.1, 0.15) is 5.76 Å². The number of halogens is 1. The van der Waals surface area contributed by atoms with Crippen LogP contribution in [-0.4, -0.2) is 45.2 Å². The van der Waals surface area contributed by atoms with Gasteiger partial charge >= 0.3 is 5.91 Å². The quantitative estimate of drug-likeness (QED) is 0.0435. The van der Waals surface area contributed by atoms with Crippen molar-refractivity contribution in [2.45, 2.75) is 42.8 Å². The van der Waals surface area contributed by atoms with Gasteiger partial charge in [-0.15, -0.1) is 10.2 Å². The first-order chi connectivity index (χ1) is 20.9. The molecule has 1 amide bonds. The first kappa shape index (κ1) is 30.5. The summed E-state index contributed by atoms with van der Waals surface area (Å²) < 4.78 is 12.4. The van der Waals surface area contributed by atoms with Crippen molar-refractivity contribution in [3.8, 4) is 11.5 Å². The zero-order valence-corrected chi connectivity index (χ0v) is 25.9. The van der Waals surface area contributed by atoms with Crippen LogP contribution in [0.25, 0.3) is 5.76 Å². The minimum absolute atomic E-state index is 0.0706. The van der Waals surface area contributed by atoms with Crippen molar-refractivity contribution in [1.29, 1.82) is 0 Å². The molecular weight excluding hydrogens is 608 g/mol. The van der Waals surface area contributed by atoms with E-state index in [0.717, 1.165) is 18.4 Å². The van der Waals surface area contributed by atoms with Gasteiger partial charge in [0.15, 0.2) is 15.8 Å². The smallest absolute Gasteiger partial charge is 0.301 e. The number of carbonyl (C=O) groups is 2. The number of unbranched alkanes of at least 4 members (excludes halogenated alkanes) is 1. The van der Waals surface area contributed by atoms with Gasteiger partial charge in [-0.2, -0.15) is 0 Å². The van der Waals surface area contributed by atoms with E-state index in [-0.39, 0.29) is 16.5 Å². The number of ketones is 1. The Morgan fingerprint density at radius 1 is 1.05 bits per heavy atom. The van der Waals surface area contributed by atoms with E-state index in [4.69, 9.17) is 21.1 Å². The van der Waals surface area contributed by atoms with Crippen molar-refractivity contribution in [3.05, 3.63) is 94.3 Å². The fraction of sp³-hybridized carbons (Fsp3) is 0.258. The molecule has 0 aliphatic carbocycles. The summed E-state index contributed by atoms with van der Waals surface area (Å²) in [6.45, 7) is 4.85. The van der Waals surface area contributed by atoms with Crippen LogP contribution in [0, 0.1) is 0 Å². The lowest BCUT2D eigenvalue weighted by molar-refractivity contribution is -0.132. The van der Waals surface area contributed by atoms with Crippen LogP contribution in [0.1, 0.15) is 49.4 Å². The third kappa shape index (κ3) is 6.69. The summed E-state index contributed by atoms with van der Waals surface area (Å²) in [5, 5.41) is 20.8. The first-order valence-corrected chi connectivity index (χ1v) is 15.9. The molecule has 3 heterocycles. The molecule has 1 N–H and O–H groups in total. The van der Waals surface area contributed by atoms with Crippen LogP contribution in [0.15, 0.2) is 76.9 Å². The number of hydrogen-bond donors (Lipinski definition) is 1. The Balaban J connectivity index is 1.56. The highest BCUT2D eigenvalue weighted by atomic mass is 35.5. The Labute approximate surface area is 262 Å². The second kappa shape index (κ2) is 14.0. The van der Waals surface area contributed by atoms with Gasteiger partial charge in [-0.25, -0.2) is 0 Å². The van der Waals surface area contributed by atoms with Gasteiger partial charge < -0.3 is 14.6 Å². The van der Waals surface area contributed by atoms with E-state index >= 15 is 0 Å². The lowest BCUT2D eigenvalue weighted by atomic mass is 9.95. The number of Topliss-reactive ketones (excluding diaryl/α,β-unsaturated/α-hetero) is 1. The highest BCUT2D eigenvalue weighted by Gasteiger charge is 2.48. The Morgan fingerprint density at radius 2 is 1.84 bits per heavy atom. The molecule has 12 heteroatoms. The fourth-order valence-corrected chi connectivity index (χ4v) is 6.69. The molecule has 4 aromatic rings. The molecule has 43 heavy (non-hydrogen) atoms. The van der Waals surface area contributed by atoms with Crippen molar-refractivity contribution in [2.24, 2.45) is 0 Å². The second-order valence-electron chi connectivity index (χ2n) is 9.48. The summed E-state index contributed by atoms with van der Waals surface area (Å²) in [5.41, 5.74) is 1.77. The standard InChI is InChI=1S/C31H29ClN4O5S2/c1-3-5-16-41-23-11-10-20(17-24(23)40-4-2)26-25(27(37)19-12-14-33-15-13-19)28(38)29(39)36(26)30-34-35-31(43-30)42-18-21-8-6-7-9-22(21)32/h6-15,17,26,37H,3-5,16,18H2,1-2H3. The fourth-order valence-electron chi connectivity index (χ4n) is 4.53. The molecule has 5 rings (SSSR count). The van der Waals surface area contributed by atoms with E-state index in [1.807, 2.05) is 31.2 Å². The van der Waals surface area contributed by atoms with Crippen molar-refractivity contribution in [1.82, 2.24) is 15.2 Å². The highest BCUT2D eigenvalue weighted by Crippen LogP contribution is 2.45. The largest absolute Gasteiger partial charge is 0.507 e. The molecule has 0 bridgehead atoms. The molecule has 1 atom stereocenters. The Kier molecular flexibility index (Phi) is 9.96. The predicted molar refractivity (Wildman–Crippen MR) is 168 cm³/mol. The highest BCUT2D eigenvalue weighted by molar-refractivity contribution is 8.00. The monoisotopic (exact) mass is 636 g/mol. The van der Waals surface area contributed by atoms with Gasteiger partial charge in [-0.05, 0) is 54.8 Å². The van der Waals surface area contributed by atoms with Crippen molar-refractivity contribution in [2.75, 3.05) is 18.1 Å². The molecule has 0 radical (unpaired) electrons. The maximum atomic E-state index is 13.6. The first-order valence-electron chi connectivity index (χ1n) is 13.7. The van der Waals surface area contributed by atoms with E-state index < -0.39 is 17.7 Å². The number of hydrogen-bond acceptors (Lipinski definition) is 10. The number of aliphatic hydroxyl groups excluding tert-OH is 1. The maximum absolute atomic E-state index is 13.6. The maximum Gasteiger partial charge on any atom is 0.301 e. The van der Waals surface area contributed by atoms with Gasteiger partial charge in [0.25, 0.3) is 5.78 Å². The van der Waals surface area contributed by atoms with Gasteiger partial charge in [-0.3, -0.25) is 19.5 Å². The summed E-state index contributed by atoms with van der Waals surface area (Å²) in [6, 6.07) is 14.9. The number of aromatic nitrogens is 3. The number of aliphatic hydroxyl groups is 1. The predicted octanol–water partition coefficient (Wildman–Crippen LogP) is 7.08. The average Bonchev–Trinajstić information content (AvgIpc) is 3.59. The van der Waals surface area contributed by atoms with E-state index in [1.165, 1.54) is 40.4 Å². The Hall–Kier alpha value is -3.93. The number of amides is 1. The van der Waals surface area contributed by atoms with Gasteiger partial charge in [0.2, 0.25) is 5.13 Å². The number of pyridine rings is 1. The molecule has 1 aliphatic heterocycles. The van der Waals surface area contributed by atoms with Gasteiger partial charge in [0, 0.05) is 28.7 Å².